The van der Waals surface area contributed by atoms with Crippen LogP contribution in [0.2, 0.25) is 5.02 Å². The molecule has 0 aliphatic rings. The molecule has 22 heavy (non-hydrogen) atoms. The molecule has 0 heterocycles. The lowest BCUT2D eigenvalue weighted by Crippen LogP contribution is -2.07. The molecule has 0 unspecified atom stereocenters. The van der Waals surface area contributed by atoms with Crippen molar-refractivity contribution in [1.29, 1.82) is 0 Å². The second kappa shape index (κ2) is 6.86. The average Bonchev–Trinajstić information content (AvgIpc) is 2.47. The topological polar surface area (TPSA) is 98.3 Å². The quantitative estimate of drug-likeness (QED) is 0.644. The van der Waals surface area contributed by atoms with Crippen LogP contribution in [0, 0.1) is 20.2 Å². The zero-order valence-corrected chi connectivity index (χ0v) is 12.1. The third kappa shape index (κ3) is 3.92. The summed E-state index contributed by atoms with van der Waals surface area (Å²) in [7, 11) is 0. The van der Waals surface area contributed by atoms with Crippen LogP contribution in [-0.4, -0.2) is 16.4 Å². The summed E-state index contributed by atoms with van der Waals surface area (Å²) in [5, 5.41) is 25.2. The Hall–Kier alpha value is -2.67. The number of halogens is 1. The summed E-state index contributed by atoms with van der Waals surface area (Å²) in [5.41, 5.74) is 0.606. The number of nitrogens with one attached hydrogen (secondary N) is 1. The monoisotopic (exact) mass is 321 g/mol. The molecule has 0 aromatic heterocycles. The van der Waals surface area contributed by atoms with Crippen molar-refractivity contribution in [2.45, 2.75) is 6.42 Å². The van der Waals surface area contributed by atoms with Crippen LogP contribution in [0.1, 0.15) is 5.56 Å². The van der Waals surface area contributed by atoms with Gasteiger partial charge in [0.25, 0.3) is 11.4 Å². The average molecular weight is 322 g/mol. The number of nitrogens with zero attached hydrogens (tertiary/aromatic N) is 2. The van der Waals surface area contributed by atoms with Gasteiger partial charge in [-0.25, -0.2) is 0 Å². The zero-order chi connectivity index (χ0) is 16.1. The minimum absolute atomic E-state index is 0.248. The maximum absolute atomic E-state index is 11.0. The lowest BCUT2D eigenvalue weighted by molar-refractivity contribution is -0.393. The standard InChI is InChI=1S/C14H12ClN3O4/c15-11-3-1-2-10(8-11)6-7-16-13-5-4-12(17(19)20)9-14(13)18(21)22/h1-5,8-9,16H,6-7H2. The smallest absolute Gasteiger partial charge is 0.299 e. The van der Waals surface area contributed by atoms with Crippen molar-refractivity contribution in [3.8, 4) is 0 Å². The Bertz CT molecular complexity index is 721. The predicted molar refractivity (Wildman–Crippen MR) is 83.4 cm³/mol. The first kappa shape index (κ1) is 15.7. The number of rotatable bonds is 6. The number of nitro groups is 2. The van der Waals surface area contributed by atoms with Crippen molar-refractivity contribution in [1.82, 2.24) is 0 Å². The van der Waals surface area contributed by atoms with Gasteiger partial charge in [-0.05, 0) is 30.2 Å². The van der Waals surface area contributed by atoms with E-state index in [0.717, 1.165) is 11.6 Å². The van der Waals surface area contributed by atoms with E-state index < -0.39 is 9.85 Å². The predicted octanol–water partition coefficient (Wildman–Crippen LogP) is 3.81. The maximum atomic E-state index is 11.0. The van der Waals surface area contributed by atoms with Gasteiger partial charge in [0.15, 0.2) is 0 Å². The third-order valence-corrected chi connectivity index (χ3v) is 3.24. The molecule has 7 nitrogen and oxygen atoms in total. The SMILES string of the molecule is O=[N+]([O-])c1ccc(NCCc2cccc(Cl)c2)c([N+](=O)[O-])c1. The fourth-order valence-corrected chi connectivity index (χ4v) is 2.18. The summed E-state index contributed by atoms with van der Waals surface area (Å²) >= 11 is 5.88. The van der Waals surface area contributed by atoms with Gasteiger partial charge in [0.1, 0.15) is 5.69 Å². The summed E-state index contributed by atoms with van der Waals surface area (Å²) in [6, 6.07) is 10.8. The van der Waals surface area contributed by atoms with Gasteiger partial charge in [-0.2, -0.15) is 0 Å². The molecule has 2 aromatic rings. The first-order valence-corrected chi connectivity index (χ1v) is 6.76. The third-order valence-electron chi connectivity index (χ3n) is 3.01. The molecule has 2 rings (SSSR count). The van der Waals surface area contributed by atoms with Crippen LogP contribution in [0.3, 0.4) is 0 Å². The number of anilines is 1. The van der Waals surface area contributed by atoms with Crippen LogP contribution >= 0.6 is 11.6 Å². The van der Waals surface area contributed by atoms with E-state index in [9.17, 15) is 20.2 Å². The molecule has 0 saturated carbocycles. The van der Waals surface area contributed by atoms with Crippen LogP contribution < -0.4 is 5.32 Å². The van der Waals surface area contributed by atoms with Crippen molar-refractivity contribution in [3.05, 3.63) is 73.3 Å². The molecule has 0 spiro atoms. The summed E-state index contributed by atoms with van der Waals surface area (Å²) in [4.78, 5) is 20.4. The Morgan fingerprint density at radius 2 is 1.82 bits per heavy atom. The normalized spacial score (nSPS) is 10.2. The van der Waals surface area contributed by atoms with E-state index >= 15 is 0 Å². The second-order valence-electron chi connectivity index (χ2n) is 4.52. The van der Waals surface area contributed by atoms with E-state index in [2.05, 4.69) is 5.32 Å². The Balaban J connectivity index is 2.09. The van der Waals surface area contributed by atoms with Gasteiger partial charge >= 0.3 is 0 Å². The molecule has 0 radical (unpaired) electrons. The van der Waals surface area contributed by atoms with Crippen LogP contribution in [0.15, 0.2) is 42.5 Å². The van der Waals surface area contributed by atoms with Gasteiger partial charge in [0, 0.05) is 17.6 Å². The van der Waals surface area contributed by atoms with Crippen LogP contribution in [0.5, 0.6) is 0 Å². The molecule has 1 N–H and O–H groups in total. The van der Waals surface area contributed by atoms with Crippen LogP contribution in [0.4, 0.5) is 17.1 Å². The van der Waals surface area contributed by atoms with Gasteiger partial charge in [-0.1, -0.05) is 23.7 Å². The van der Waals surface area contributed by atoms with E-state index in [0.29, 0.717) is 18.0 Å². The van der Waals surface area contributed by atoms with Crippen LogP contribution in [0.25, 0.3) is 0 Å². The van der Waals surface area contributed by atoms with Crippen molar-refractivity contribution in [2.75, 3.05) is 11.9 Å². The highest BCUT2D eigenvalue weighted by Gasteiger charge is 2.18. The molecular weight excluding hydrogens is 310 g/mol. The first-order chi connectivity index (χ1) is 10.5. The van der Waals surface area contributed by atoms with Crippen molar-refractivity contribution in [2.24, 2.45) is 0 Å². The lowest BCUT2D eigenvalue weighted by Gasteiger charge is -2.07. The van der Waals surface area contributed by atoms with Gasteiger partial charge in [-0.15, -0.1) is 0 Å². The molecule has 114 valence electrons. The number of benzene rings is 2. The van der Waals surface area contributed by atoms with E-state index in [4.69, 9.17) is 11.6 Å². The van der Waals surface area contributed by atoms with Crippen molar-refractivity contribution >= 4 is 28.7 Å². The highest BCUT2D eigenvalue weighted by atomic mass is 35.5. The fraction of sp³-hybridized carbons (Fsp3) is 0.143. The molecule has 2 aromatic carbocycles. The molecule has 0 fully saturated rings. The largest absolute Gasteiger partial charge is 0.379 e. The minimum atomic E-state index is -0.664. The van der Waals surface area contributed by atoms with Crippen molar-refractivity contribution in [3.63, 3.8) is 0 Å². The molecule has 0 saturated heterocycles. The molecule has 0 atom stereocenters. The van der Waals surface area contributed by atoms with E-state index in [-0.39, 0.29) is 17.1 Å². The lowest BCUT2D eigenvalue weighted by atomic mass is 10.1. The van der Waals surface area contributed by atoms with Crippen molar-refractivity contribution < 1.29 is 9.85 Å². The Kier molecular flexibility index (Phi) is 4.90. The Labute approximate surface area is 130 Å². The summed E-state index contributed by atoms with van der Waals surface area (Å²) < 4.78 is 0. The van der Waals surface area contributed by atoms with E-state index in [1.807, 2.05) is 18.2 Å². The minimum Gasteiger partial charge on any atom is -0.379 e. The zero-order valence-electron chi connectivity index (χ0n) is 11.4. The number of nitro benzene ring substituents is 2. The molecule has 0 aliphatic carbocycles. The van der Waals surface area contributed by atoms with Gasteiger partial charge in [0.05, 0.1) is 15.9 Å². The maximum Gasteiger partial charge on any atom is 0.299 e. The summed E-state index contributed by atoms with van der Waals surface area (Å²) in [5.74, 6) is 0. The highest BCUT2D eigenvalue weighted by molar-refractivity contribution is 6.30. The molecule has 0 bridgehead atoms. The number of non-ortho nitro benzene ring substituents is 1. The molecule has 0 aliphatic heterocycles. The Morgan fingerprint density at radius 3 is 2.45 bits per heavy atom. The van der Waals surface area contributed by atoms with Gasteiger partial charge in [-0.3, -0.25) is 20.2 Å². The van der Waals surface area contributed by atoms with E-state index in [1.165, 1.54) is 12.1 Å². The van der Waals surface area contributed by atoms with Gasteiger partial charge < -0.3 is 5.32 Å². The number of hydrogen-bond acceptors (Lipinski definition) is 5. The molecule has 8 heteroatoms. The first-order valence-electron chi connectivity index (χ1n) is 6.38. The molecular formula is C14H12ClN3O4. The fourth-order valence-electron chi connectivity index (χ4n) is 1.97. The highest BCUT2D eigenvalue weighted by Crippen LogP contribution is 2.28. The van der Waals surface area contributed by atoms with Gasteiger partial charge in [0.2, 0.25) is 0 Å². The summed E-state index contributed by atoms with van der Waals surface area (Å²) in [6.45, 7) is 0.443. The Morgan fingerprint density at radius 1 is 1.05 bits per heavy atom. The van der Waals surface area contributed by atoms with E-state index in [1.54, 1.807) is 6.07 Å². The van der Waals surface area contributed by atoms with Crippen LogP contribution in [-0.2, 0) is 6.42 Å². The summed E-state index contributed by atoms with van der Waals surface area (Å²) in [6.07, 6.45) is 0.620. The number of hydrogen-bond donors (Lipinski definition) is 1. The second-order valence-corrected chi connectivity index (χ2v) is 4.96. The molecule has 0 amide bonds.